The summed E-state index contributed by atoms with van der Waals surface area (Å²) >= 11 is 2.30. The van der Waals surface area contributed by atoms with E-state index in [0.29, 0.717) is 0 Å². The third kappa shape index (κ3) is 1.92. The van der Waals surface area contributed by atoms with Crippen LogP contribution in [0.5, 0.6) is 0 Å². The molecule has 70 valence electrons. The summed E-state index contributed by atoms with van der Waals surface area (Å²) in [5.74, 6) is -0.00315. The van der Waals surface area contributed by atoms with Crippen LogP contribution in [0.15, 0.2) is 0 Å². The quantitative estimate of drug-likeness (QED) is 0.442. The predicted molar refractivity (Wildman–Crippen MR) is 56.4 cm³/mol. The second kappa shape index (κ2) is 4.44. The summed E-state index contributed by atoms with van der Waals surface area (Å²) in [6.07, 6.45) is 5.66. The van der Waals surface area contributed by atoms with Crippen molar-refractivity contribution in [2.24, 2.45) is 5.41 Å². The van der Waals surface area contributed by atoms with Crippen molar-refractivity contribution in [2.75, 3.05) is 11.5 Å². The minimum absolute atomic E-state index is 0.00315. The van der Waals surface area contributed by atoms with Crippen molar-refractivity contribution in [3.8, 4) is 0 Å². The predicted octanol–water partition coefficient (Wildman–Crippen LogP) is 2.54. The Kier molecular flexibility index (Phi) is 3.80. The Morgan fingerprint density at radius 2 is 2.00 bits per heavy atom. The number of halogens is 1. The molecular weight excluding hydrogens is 267 g/mol. The molecule has 1 aliphatic carbocycles. The van der Waals surface area contributed by atoms with Crippen molar-refractivity contribution >= 4 is 28.6 Å². The number of hydrogen-bond donors (Lipinski definition) is 0. The lowest BCUT2D eigenvalue weighted by Crippen LogP contribution is -2.35. The molecule has 1 aliphatic rings. The summed E-state index contributed by atoms with van der Waals surface area (Å²) in [5, 5.41) is 0. The summed E-state index contributed by atoms with van der Waals surface area (Å²) in [6.45, 7) is 0. The van der Waals surface area contributed by atoms with Crippen molar-refractivity contribution in [2.45, 2.75) is 32.1 Å². The van der Waals surface area contributed by atoms with Gasteiger partial charge in [0.25, 0.3) is 0 Å². The van der Waals surface area contributed by atoms with Gasteiger partial charge in [-0.1, -0.05) is 41.9 Å². The van der Waals surface area contributed by atoms with Gasteiger partial charge in [0.2, 0.25) is 0 Å². The summed E-state index contributed by atoms with van der Waals surface area (Å²) in [4.78, 5) is 11.5. The fourth-order valence-electron chi connectivity index (χ4n) is 1.84. The van der Waals surface area contributed by atoms with Gasteiger partial charge in [-0.15, -0.1) is 0 Å². The number of ether oxygens (including phenoxy) is 1. The first kappa shape index (κ1) is 10.3. The zero-order valence-electron chi connectivity index (χ0n) is 7.44. The average molecular weight is 282 g/mol. The normalized spacial score (nSPS) is 21.8. The van der Waals surface area contributed by atoms with Crippen LogP contribution in [0.4, 0.5) is 0 Å². The molecule has 1 saturated carbocycles. The molecule has 0 aliphatic heterocycles. The topological polar surface area (TPSA) is 26.3 Å². The highest BCUT2D eigenvalue weighted by Gasteiger charge is 2.39. The van der Waals surface area contributed by atoms with Gasteiger partial charge in [0, 0.05) is 4.43 Å². The van der Waals surface area contributed by atoms with E-state index in [1.54, 1.807) is 0 Å². The Labute approximate surface area is 87.2 Å². The summed E-state index contributed by atoms with van der Waals surface area (Å²) in [7, 11) is 1.49. The molecule has 3 heteroatoms. The number of hydrogen-bond acceptors (Lipinski definition) is 2. The van der Waals surface area contributed by atoms with E-state index in [4.69, 9.17) is 4.74 Å². The molecule has 0 atom stereocenters. The Bertz CT molecular complexity index is 162. The lowest BCUT2D eigenvalue weighted by atomic mass is 9.76. The van der Waals surface area contributed by atoms with Crippen LogP contribution in [0.1, 0.15) is 32.1 Å². The SMILES string of the molecule is COC(=O)C1(CI)CCCCC1. The van der Waals surface area contributed by atoms with Gasteiger partial charge in [0.15, 0.2) is 0 Å². The maximum Gasteiger partial charge on any atom is 0.312 e. The van der Waals surface area contributed by atoms with Crippen LogP contribution >= 0.6 is 22.6 Å². The largest absolute Gasteiger partial charge is 0.469 e. The van der Waals surface area contributed by atoms with E-state index in [9.17, 15) is 4.79 Å². The highest BCUT2D eigenvalue weighted by Crippen LogP contribution is 2.38. The number of carbonyl (C=O) groups excluding carboxylic acids is 1. The molecular formula is C9H15IO2. The molecule has 0 saturated heterocycles. The molecule has 1 fully saturated rings. The van der Waals surface area contributed by atoms with Crippen molar-refractivity contribution in [1.29, 1.82) is 0 Å². The third-order valence-corrected chi connectivity index (χ3v) is 4.15. The number of esters is 1. The highest BCUT2D eigenvalue weighted by molar-refractivity contribution is 14.1. The third-order valence-electron chi connectivity index (χ3n) is 2.68. The molecule has 0 unspecified atom stereocenters. The fraction of sp³-hybridized carbons (Fsp3) is 0.889. The van der Waals surface area contributed by atoms with Crippen LogP contribution in [0.25, 0.3) is 0 Å². The van der Waals surface area contributed by atoms with E-state index in [0.717, 1.165) is 17.3 Å². The summed E-state index contributed by atoms with van der Waals surface area (Å²) < 4.78 is 5.74. The molecule has 1 rings (SSSR count). The van der Waals surface area contributed by atoms with Gasteiger partial charge in [-0.2, -0.15) is 0 Å². The van der Waals surface area contributed by atoms with Gasteiger partial charge in [-0.05, 0) is 12.8 Å². The van der Waals surface area contributed by atoms with Gasteiger partial charge in [-0.3, -0.25) is 4.79 Å². The first-order valence-electron chi connectivity index (χ1n) is 4.39. The van der Waals surface area contributed by atoms with Crippen LogP contribution in [0, 0.1) is 5.41 Å². The van der Waals surface area contributed by atoms with E-state index in [-0.39, 0.29) is 11.4 Å². The monoisotopic (exact) mass is 282 g/mol. The van der Waals surface area contributed by atoms with Crippen LogP contribution in [-0.2, 0) is 9.53 Å². The smallest absolute Gasteiger partial charge is 0.312 e. The Balaban J connectivity index is 2.66. The molecule has 0 spiro atoms. The maximum atomic E-state index is 11.5. The zero-order chi connectivity index (χ0) is 9.03. The number of carbonyl (C=O) groups is 1. The molecule has 12 heavy (non-hydrogen) atoms. The van der Waals surface area contributed by atoms with Crippen molar-refractivity contribution < 1.29 is 9.53 Å². The fourth-order valence-corrected chi connectivity index (χ4v) is 2.91. The van der Waals surface area contributed by atoms with Gasteiger partial charge < -0.3 is 4.74 Å². The van der Waals surface area contributed by atoms with E-state index in [1.165, 1.54) is 26.4 Å². The molecule has 0 aromatic heterocycles. The lowest BCUT2D eigenvalue weighted by Gasteiger charge is -2.32. The highest BCUT2D eigenvalue weighted by atomic mass is 127. The van der Waals surface area contributed by atoms with E-state index < -0.39 is 0 Å². The van der Waals surface area contributed by atoms with Crippen LogP contribution in [0.3, 0.4) is 0 Å². The van der Waals surface area contributed by atoms with Gasteiger partial charge in [0.1, 0.15) is 0 Å². The Morgan fingerprint density at radius 3 is 2.42 bits per heavy atom. The Morgan fingerprint density at radius 1 is 1.42 bits per heavy atom. The molecule has 2 nitrogen and oxygen atoms in total. The minimum Gasteiger partial charge on any atom is -0.469 e. The molecule has 0 radical (unpaired) electrons. The summed E-state index contributed by atoms with van der Waals surface area (Å²) in [5.41, 5.74) is -0.145. The first-order valence-corrected chi connectivity index (χ1v) is 5.92. The van der Waals surface area contributed by atoms with Crippen molar-refractivity contribution in [3.63, 3.8) is 0 Å². The second-order valence-corrected chi connectivity index (χ2v) is 4.23. The van der Waals surface area contributed by atoms with Crippen molar-refractivity contribution in [1.82, 2.24) is 0 Å². The van der Waals surface area contributed by atoms with Gasteiger partial charge in [0.05, 0.1) is 12.5 Å². The Hall–Kier alpha value is 0.200. The number of rotatable bonds is 2. The molecule has 0 N–H and O–H groups in total. The molecule has 0 aromatic rings. The van der Waals surface area contributed by atoms with E-state index in [2.05, 4.69) is 22.6 Å². The van der Waals surface area contributed by atoms with Crippen LogP contribution in [-0.4, -0.2) is 17.5 Å². The summed E-state index contributed by atoms with van der Waals surface area (Å²) in [6, 6.07) is 0. The van der Waals surface area contributed by atoms with Gasteiger partial charge >= 0.3 is 5.97 Å². The van der Waals surface area contributed by atoms with Gasteiger partial charge in [-0.25, -0.2) is 0 Å². The zero-order valence-corrected chi connectivity index (χ0v) is 9.59. The average Bonchev–Trinajstić information content (AvgIpc) is 2.17. The molecule has 0 amide bonds. The minimum atomic E-state index is -0.145. The molecule has 0 aromatic carbocycles. The van der Waals surface area contributed by atoms with E-state index in [1.807, 2.05) is 0 Å². The van der Waals surface area contributed by atoms with E-state index >= 15 is 0 Å². The number of methoxy groups -OCH3 is 1. The second-order valence-electron chi connectivity index (χ2n) is 3.47. The van der Waals surface area contributed by atoms with Crippen molar-refractivity contribution in [3.05, 3.63) is 0 Å². The first-order chi connectivity index (χ1) is 5.75. The standard InChI is InChI=1S/C9H15IO2/c1-12-8(11)9(7-10)5-3-2-4-6-9/h2-7H2,1H3. The maximum absolute atomic E-state index is 11.5. The van der Waals surface area contributed by atoms with Crippen LogP contribution < -0.4 is 0 Å². The van der Waals surface area contributed by atoms with Crippen LogP contribution in [0.2, 0.25) is 0 Å². The number of alkyl halides is 1. The molecule has 0 bridgehead atoms. The molecule has 0 heterocycles. The lowest BCUT2D eigenvalue weighted by molar-refractivity contribution is -0.153.